The summed E-state index contributed by atoms with van der Waals surface area (Å²) in [6, 6.07) is 14.8. The highest BCUT2D eigenvalue weighted by atomic mass is 28.4. The van der Waals surface area contributed by atoms with E-state index < -0.39 is 60.2 Å². The van der Waals surface area contributed by atoms with Crippen LogP contribution < -0.4 is 19.7 Å². The van der Waals surface area contributed by atoms with Crippen molar-refractivity contribution in [2.75, 3.05) is 40.1 Å². The van der Waals surface area contributed by atoms with E-state index in [-0.39, 0.29) is 47.1 Å². The standard InChI is InChI=1S/C47H60N4O9Si/c1-45(2,3)58-44(55)57-39-30-21-27(24-48-7)19-20-29(30)36(50(8)9)31-22-28-23-32-37(51(10)11)40-35(43(49-59-40)56-25-26-17-15-14-16-18-26)42(54)47(32,60-61(12,13)46(4,5)6)41(53)33(28)38(52)34(31)39/h14-21,28,32,37,48,52H,22-25H2,1-13H3/t28-,32-,37-,47-/m0/s1. The smallest absolute Gasteiger partial charge is 0.507 e. The van der Waals surface area contributed by atoms with Gasteiger partial charge in [0.25, 0.3) is 5.88 Å². The molecule has 0 amide bonds. The van der Waals surface area contributed by atoms with Crippen molar-refractivity contribution < 1.29 is 42.6 Å². The summed E-state index contributed by atoms with van der Waals surface area (Å²) < 4.78 is 31.4. The number of nitrogens with zero attached hydrogens (tertiary/aromatic N) is 3. The first-order valence-corrected chi connectivity index (χ1v) is 23.8. The number of carbonyl (C=O) groups excluding carboxylic acids is 3. The van der Waals surface area contributed by atoms with Crippen LogP contribution >= 0.6 is 0 Å². The zero-order valence-electron chi connectivity index (χ0n) is 37.7. The zero-order chi connectivity index (χ0) is 44.6. The monoisotopic (exact) mass is 852 g/mol. The Morgan fingerprint density at radius 1 is 0.967 bits per heavy atom. The predicted molar refractivity (Wildman–Crippen MR) is 237 cm³/mol. The molecule has 1 fully saturated rings. The van der Waals surface area contributed by atoms with Gasteiger partial charge in [-0.05, 0) is 107 Å². The third-order valence-corrected chi connectivity index (χ3v) is 17.1. The predicted octanol–water partition coefficient (Wildman–Crippen LogP) is 8.80. The fourth-order valence-corrected chi connectivity index (χ4v) is 10.6. The van der Waals surface area contributed by atoms with Crippen LogP contribution in [0, 0.1) is 11.8 Å². The minimum Gasteiger partial charge on any atom is -0.507 e. The number of hydrogen-bond acceptors (Lipinski definition) is 13. The summed E-state index contributed by atoms with van der Waals surface area (Å²) >= 11 is 0. The van der Waals surface area contributed by atoms with Crippen LogP contribution in [-0.4, -0.2) is 87.6 Å². The summed E-state index contributed by atoms with van der Waals surface area (Å²) in [5.41, 5.74) is 0.628. The van der Waals surface area contributed by atoms with Crippen LogP contribution in [0.4, 0.5) is 10.5 Å². The second kappa shape index (κ2) is 15.7. The molecule has 0 aliphatic heterocycles. The summed E-state index contributed by atoms with van der Waals surface area (Å²) in [6.07, 6.45) is -0.384. The van der Waals surface area contributed by atoms with E-state index in [4.69, 9.17) is 23.2 Å². The van der Waals surface area contributed by atoms with Crippen molar-refractivity contribution in [2.24, 2.45) is 11.8 Å². The number of benzene rings is 3. The second-order valence-electron chi connectivity index (χ2n) is 19.6. The lowest BCUT2D eigenvalue weighted by Crippen LogP contribution is -2.68. The molecule has 3 aliphatic rings. The first-order chi connectivity index (χ1) is 28.5. The first kappa shape index (κ1) is 44.0. The van der Waals surface area contributed by atoms with E-state index in [1.54, 1.807) is 20.8 Å². The van der Waals surface area contributed by atoms with Crippen LogP contribution in [0.25, 0.3) is 16.5 Å². The van der Waals surface area contributed by atoms with Crippen molar-refractivity contribution in [2.45, 2.75) is 103 Å². The van der Waals surface area contributed by atoms with Crippen molar-refractivity contribution in [3.63, 3.8) is 0 Å². The molecule has 3 aromatic carbocycles. The maximum Gasteiger partial charge on any atom is 0.514 e. The molecule has 0 bridgehead atoms. The number of nitrogens with one attached hydrogen (secondary N) is 1. The summed E-state index contributed by atoms with van der Waals surface area (Å²) in [6.45, 7) is 16.1. The number of carbonyl (C=O) groups is 3. The Balaban J connectivity index is 1.50. The Morgan fingerprint density at radius 2 is 1.66 bits per heavy atom. The van der Waals surface area contributed by atoms with Crippen molar-refractivity contribution in [1.29, 1.82) is 0 Å². The van der Waals surface area contributed by atoms with E-state index in [0.29, 0.717) is 29.7 Å². The molecule has 1 heterocycles. The van der Waals surface area contributed by atoms with Gasteiger partial charge in [0.2, 0.25) is 11.6 Å². The van der Waals surface area contributed by atoms with Crippen LogP contribution in [0.3, 0.4) is 0 Å². The van der Waals surface area contributed by atoms with Gasteiger partial charge in [-0.3, -0.25) is 14.5 Å². The largest absolute Gasteiger partial charge is 0.514 e. The van der Waals surface area contributed by atoms with Crippen LogP contribution in [0.5, 0.6) is 11.6 Å². The van der Waals surface area contributed by atoms with Gasteiger partial charge in [0, 0.05) is 48.6 Å². The SMILES string of the molecule is CNCc1ccc2c(N(C)C)c3c(c(OC(=O)OC(C)(C)C)c2c1)C(O)=C1C(=O)[C@]2(O[Si](C)(C)C(C)(C)C)C(=O)c4c(OCc5ccccc5)noc4[C@@H](N(C)C)[C@@H]2C[C@@H]1C3. The van der Waals surface area contributed by atoms with Crippen molar-refractivity contribution >= 4 is 48.3 Å². The van der Waals surface area contributed by atoms with Crippen LogP contribution in [-0.2, 0) is 33.5 Å². The van der Waals surface area contributed by atoms with Crippen molar-refractivity contribution in [3.8, 4) is 11.6 Å². The maximum absolute atomic E-state index is 16.1. The van der Waals surface area contributed by atoms with Gasteiger partial charge in [-0.15, -0.1) is 0 Å². The molecule has 1 saturated carbocycles. The Bertz CT molecular complexity index is 2430. The van der Waals surface area contributed by atoms with E-state index in [0.717, 1.165) is 22.2 Å². The Morgan fingerprint density at radius 3 is 2.26 bits per heavy atom. The summed E-state index contributed by atoms with van der Waals surface area (Å²) in [5, 5.41) is 21.3. The van der Waals surface area contributed by atoms with E-state index >= 15 is 9.59 Å². The third-order valence-electron chi connectivity index (χ3n) is 12.7. The number of ether oxygens (including phenoxy) is 3. The molecule has 61 heavy (non-hydrogen) atoms. The maximum atomic E-state index is 16.1. The van der Waals surface area contributed by atoms with E-state index in [1.807, 2.05) is 107 Å². The molecular formula is C47H60N4O9Si. The lowest BCUT2D eigenvalue weighted by molar-refractivity contribution is -0.140. The van der Waals surface area contributed by atoms with Gasteiger partial charge in [0.15, 0.2) is 25.4 Å². The lowest BCUT2D eigenvalue weighted by Gasteiger charge is -2.55. The van der Waals surface area contributed by atoms with Gasteiger partial charge in [0.05, 0.1) is 11.6 Å². The van der Waals surface area contributed by atoms with Crippen LogP contribution in [0.15, 0.2) is 58.6 Å². The van der Waals surface area contributed by atoms with Crippen molar-refractivity contribution in [1.82, 2.24) is 15.4 Å². The molecule has 0 spiro atoms. The average molecular weight is 853 g/mol. The number of rotatable bonds is 10. The molecule has 0 saturated heterocycles. The number of aromatic nitrogens is 1. The number of Topliss-reactive ketones (excluding diaryl/α,β-unsaturated/α-hetero) is 2. The lowest BCUT2D eigenvalue weighted by atomic mass is 9.57. The number of hydrogen-bond donors (Lipinski definition) is 2. The van der Waals surface area contributed by atoms with Crippen LogP contribution in [0.2, 0.25) is 18.1 Å². The molecule has 7 rings (SSSR count). The van der Waals surface area contributed by atoms with Gasteiger partial charge in [-0.25, -0.2) is 4.79 Å². The van der Waals surface area contributed by atoms with Gasteiger partial charge >= 0.3 is 6.16 Å². The Kier molecular flexibility index (Phi) is 11.3. The third kappa shape index (κ3) is 7.55. The number of aliphatic hydroxyl groups excluding tert-OH is 1. The molecule has 3 aliphatic carbocycles. The highest BCUT2D eigenvalue weighted by Crippen LogP contribution is 2.60. The average Bonchev–Trinajstić information content (AvgIpc) is 3.57. The van der Waals surface area contributed by atoms with Gasteiger partial charge in [0.1, 0.15) is 23.5 Å². The molecule has 14 heteroatoms. The molecule has 326 valence electrons. The number of fused-ring (bicyclic) bond motifs is 5. The highest BCUT2D eigenvalue weighted by molar-refractivity contribution is 6.74. The van der Waals surface area contributed by atoms with E-state index in [9.17, 15) is 9.90 Å². The molecule has 13 nitrogen and oxygen atoms in total. The Hall–Kier alpha value is -5.02. The van der Waals surface area contributed by atoms with Gasteiger partial charge in [-0.1, -0.05) is 63.2 Å². The van der Waals surface area contributed by atoms with Gasteiger partial charge in [-0.2, -0.15) is 0 Å². The molecule has 1 aromatic heterocycles. The van der Waals surface area contributed by atoms with E-state index in [1.165, 1.54) is 0 Å². The molecule has 0 unspecified atom stereocenters. The fourth-order valence-electron chi connectivity index (χ4n) is 9.12. The molecule has 0 radical (unpaired) electrons. The Labute approximate surface area is 359 Å². The molecular weight excluding hydrogens is 793 g/mol. The molecule has 4 aromatic rings. The minimum atomic E-state index is -2.98. The minimum absolute atomic E-state index is 0.0259. The van der Waals surface area contributed by atoms with E-state index in [2.05, 4.69) is 31.2 Å². The number of anilines is 1. The quantitative estimate of drug-likeness (QED) is 0.0677. The van der Waals surface area contributed by atoms with Crippen molar-refractivity contribution in [3.05, 3.63) is 87.7 Å². The van der Waals surface area contributed by atoms with Gasteiger partial charge < -0.3 is 38.5 Å². The second-order valence-corrected chi connectivity index (χ2v) is 24.3. The summed E-state index contributed by atoms with van der Waals surface area (Å²) in [7, 11) is 6.48. The normalized spacial score (nSPS) is 21.5. The topological polar surface area (TPSA) is 153 Å². The highest BCUT2D eigenvalue weighted by Gasteiger charge is 2.69. The zero-order valence-corrected chi connectivity index (χ0v) is 38.7. The summed E-state index contributed by atoms with van der Waals surface area (Å²) in [4.78, 5) is 49.3. The summed E-state index contributed by atoms with van der Waals surface area (Å²) in [5.74, 6) is -2.54. The number of aliphatic hydroxyl groups is 1. The number of ketones is 2. The molecule has 2 N–H and O–H groups in total. The first-order valence-electron chi connectivity index (χ1n) is 20.9. The fraction of sp³-hybridized carbons (Fsp3) is 0.489. The van der Waals surface area contributed by atoms with Crippen LogP contribution in [0.1, 0.15) is 92.4 Å². The molecule has 4 atom stereocenters.